The second-order valence-electron chi connectivity index (χ2n) is 3.77. The molecule has 0 bridgehead atoms. The van der Waals surface area contributed by atoms with Gasteiger partial charge >= 0.3 is 0 Å². The zero-order valence-corrected chi connectivity index (χ0v) is 10.8. The van der Waals surface area contributed by atoms with Crippen molar-refractivity contribution in [2.24, 2.45) is 11.8 Å². The van der Waals surface area contributed by atoms with Crippen LogP contribution in [0.3, 0.4) is 0 Å². The largest absolute Gasteiger partial charge is 0.759 e. The van der Waals surface area contributed by atoms with Crippen LogP contribution in [-0.4, -0.2) is 30.6 Å². The molecule has 0 saturated heterocycles. The molecule has 7 heteroatoms. The molecule has 0 aliphatic rings. The first-order valence-corrected chi connectivity index (χ1v) is 6.13. The maximum absolute atomic E-state index is 8.52. The Morgan fingerprint density at radius 2 is 1.00 bits per heavy atom. The molecule has 0 aromatic heterocycles. The zero-order chi connectivity index (χ0) is 13.1. The summed E-state index contributed by atoms with van der Waals surface area (Å²) in [4.78, 5) is 0. The van der Waals surface area contributed by atoms with Crippen molar-refractivity contribution < 1.29 is 29.0 Å². The van der Waals surface area contributed by atoms with E-state index in [1.807, 2.05) is 0 Å². The van der Waals surface area contributed by atoms with Crippen LogP contribution in [0.1, 0.15) is 27.7 Å². The molecule has 0 heterocycles. The molecule has 0 aliphatic carbocycles. The Hall–Kier alpha value is -0.210. The van der Waals surface area contributed by atoms with Gasteiger partial charge in [0.1, 0.15) is 0 Å². The first-order chi connectivity index (χ1) is 6.54. The van der Waals surface area contributed by atoms with E-state index >= 15 is 0 Å². The number of hydrogen-bond donors (Lipinski definition) is 2. The summed E-state index contributed by atoms with van der Waals surface area (Å²) >= 11 is 0. The molecule has 0 fully saturated rings. The van der Waals surface area contributed by atoms with Crippen molar-refractivity contribution in [2.45, 2.75) is 27.7 Å². The molecule has 0 saturated carbocycles. The Bertz CT molecular complexity index is 187. The van der Waals surface area contributed by atoms with Gasteiger partial charge in [-0.05, 0) is 0 Å². The fourth-order valence-electron chi connectivity index (χ4n) is 0. The van der Waals surface area contributed by atoms with Crippen LogP contribution in [0, 0.1) is 11.8 Å². The summed E-state index contributed by atoms with van der Waals surface area (Å²) < 4.78 is 34.1. The zero-order valence-electron chi connectivity index (χ0n) is 10.0. The minimum Gasteiger partial charge on any atom is -0.759 e. The van der Waals surface area contributed by atoms with Crippen molar-refractivity contribution in [1.82, 2.24) is 0 Å². The third-order valence-electron chi connectivity index (χ3n) is 1.15. The van der Waals surface area contributed by atoms with Crippen molar-refractivity contribution in [2.75, 3.05) is 13.1 Å². The van der Waals surface area contributed by atoms with Gasteiger partial charge in [-0.15, -0.1) is 0 Å². The molecule has 96 valence electrons. The Kier molecular flexibility index (Phi) is 16.0. The molecule has 0 atom stereocenters. The smallest absolute Gasteiger partial charge is 0.0763 e. The van der Waals surface area contributed by atoms with Crippen molar-refractivity contribution in [1.29, 1.82) is 0 Å². The van der Waals surface area contributed by atoms with E-state index in [0.29, 0.717) is 0 Å². The predicted molar refractivity (Wildman–Crippen MR) is 55.7 cm³/mol. The van der Waals surface area contributed by atoms with E-state index < -0.39 is 10.4 Å². The summed E-state index contributed by atoms with van der Waals surface area (Å²) in [5.74, 6) is 1.55. The normalized spacial score (nSPS) is 10.3. The fraction of sp³-hybridized carbons (Fsp3) is 1.00. The van der Waals surface area contributed by atoms with Crippen molar-refractivity contribution in [3.63, 3.8) is 0 Å². The standard InChI is InChI=1S/2C4H11N.H2O4S/c2*1-4(2)3-5;1-5(2,3)4/h2*4H,3,5H2,1-2H3;(H2,1,2,3,4). The fourth-order valence-corrected chi connectivity index (χ4v) is 0. The first-order valence-electron chi connectivity index (χ1n) is 4.79. The lowest BCUT2D eigenvalue weighted by molar-refractivity contribution is -0.377. The van der Waals surface area contributed by atoms with Gasteiger partial charge in [0.2, 0.25) is 0 Å². The van der Waals surface area contributed by atoms with E-state index in [4.69, 9.17) is 17.5 Å². The lowest BCUT2D eigenvalue weighted by Crippen LogP contribution is -2.52. The van der Waals surface area contributed by atoms with Gasteiger partial charge in [0.05, 0.1) is 13.1 Å². The minimum atomic E-state index is -5.17. The third-order valence-corrected chi connectivity index (χ3v) is 1.15. The molecule has 6 nitrogen and oxygen atoms in total. The number of rotatable bonds is 2. The van der Waals surface area contributed by atoms with Crippen LogP contribution >= 0.6 is 0 Å². The minimum absolute atomic E-state index is 0.773. The monoisotopic (exact) mass is 244 g/mol. The topological polar surface area (TPSA) is 136 Å². The maximum atomic E-state index is 8.52. The van der Waals surface area contributed by atoms with Crippen LogP contribution < -0.4 is 11.5 Å². The van der Waals surface area contributed by atoms with Crippen LogP contribution in [0.25, 0.3) is 0 Å². The molecular formula is C8H24N2O4S. The molecule has 0 aromatic rings. The highest BCUT2D eigenvalue weighted by atomic mass is 32.3. The van der Waals surface area contributed by atoms with E-state index in [0.717, 1.165) is 24.9 Å². The first kappa shape index (κ1) is 20.2. The average molecular weight is 244 g/mol. The van der Waals surface area contributed by atoms with Gasteiger partial charge in [-0.2, -0.15) is 0 Å². The van der Waals surface area contributed by atoms with E-state index in [2.05, 4.69) is 39.2 Å². The lowest BCUT2D eigenvalue weighted by atomic mass is 10.2. The molecule has 0 aromatic carbocycles. The summed E-state index contributed by atoms with van der Waals surface area (Å²) in [5, 5.41) is 0. The number of hydrogen-bond acceptors (Lipinski definition) is 4. The molecule has 0 spiro atoms. The van der Waals surface area contributed by atoms with Crippen LogP contribution in [0.4, 0.5) is 0 Å². The quantitative estimate of drug-likeness (QED) is 0.448. The molecule has 0 unspecified atom stereocenters. The maximum Gasteiger partial charge on any atom is 0.0763 e. The van der Waals surface area contributed by atoms with Gasteiger partial charge in [-0.3, -0.25) is 8.42 Å². The van der Waals surface area contributed by atoms with Gasteiger partial charge in [-0.1, -0.05) is 27.7 Å². The highest BCUT2D eigenvalue weighted by Gasteiger charge is 1.84. The Morgan fingerprint density at radius 3 is 1.00 bits per heavy atom. The molecule has 0 amide bonds. The van der Waals surface area contributed by atoms with Crippen LogP contribution in [-0.2, 0) is 10.4 Å². The van der Waals surface area contributed by atoms with Crippen LogP contribution in [0.2, 0.25) is 0 Å². The Balaban J connectivity index is -0.000000144. The van der Waals surface area contributed by atoms with Crippen molar-refractivity contribution >= 4 is 10.4 Å². The average Bonchev–Trinajstić information content (AvgIpc) is 2.02. The second-order valence-corrected chi connectivity index (χ2v) is 4.59. The highest BCUT2D eigenvalue weighted by molar-refractivity contribution is 7.79. The van der Waals surface area contributed by atoms with Crippen LogP contribution in [0.15, 0.2) is 0 Å². The van der Waals surface area contributed by atoms with E-state index in [-0.39, 0.29) is 0 Å². The van der Waals surface area contributed by atoms with Gasteiger partial charge in [-0.25, -0.2) is 0 Å². The third kappa shape index (κ3) is 133. The summed E-state index contributed by atoms with van der Waals surface area (Å²) in [6, 6.07) is 0. The molecule has 0 aliphatic heterocycles. The van der Waals surface area contributed by atoms with Gasteiger partial charge in [0.25, 0.3) is 0 Å². The summed E-state index contributed by atoms with van der Waals surface area (Å²) in [6.45, 7) is 10.8. The van der Waals surface area contributed by atoms with E-state index in [1.54, 1.807) is 0 Å². The van der Waals surface area contributed by atoms with Crippen LogP contribution in [0.5, 0.6) is 0 Å². The second kappa shape index (κ2) is 11.9. The molecule has 6 N–H and O–H groups in total. The lowest BCUT2D eigenvalue weighted by Gasteiger charge is -2.06. The SMILES string of the molecule is CC(C)C[NH3+].CC(C)C[NH3+].O=S(=O)([O-])[O-]. The Morgan fingerprint density at radius 1 is 0.933 bits per heavy atom. The summed E-state index contributed by atoms with van der Waals surface area (Å²) in [5.41, 5.74) is 7.37. The molecule has 0 radical (unpaired) electrons. The highest BCUT2D eigenvalue weighted by Crippen LogP contribution is 1.80. The van der Waals surface area contributed by atoms with Gasteiger partial charge in [0.15, 0.2) is 0 Å². The summed E-state index contributed by atoms with van der Waals surface area (Å²) in [6.07, 6.45) is 0. The summed E-state index contributed by atoms with van der Waals surface area (Å²) in [7, 11) is -5.17. The van der Waals surface area contributed by atoms with Gasteiger partial charge < -0.3 is 20.6 Å². The van der Waals surface area contributed by atoms with E-state index in [9.17, 15) is 0 Å². The van der Waals surface area contributed by atoms with Crippen molar-refractivity contribution in [3.05, 3.63) is 0 Å². The molecular weight excluding hydrogens is 220 g/mol. The predicted octanol–water partition coefficient (Wildman–Crippen LogP) is -1.57. The van der Waals surface area contributed by atoms with Crippen molar-refractivity contribution in [3.8, 4) is 0 Å². The molecule has 15 heavy (non-hydrogen) atoms. The van der Waals surface area contributed by atoms with Gasteiger partial charge in [0, 0.05) is 22.2 Å². The number of quaternary nitrogens is 2. The van der Waals surface area contributed by atoms with E-state index in [1.165, 1.54) is 0 Å². The molecule has 0 rings (SSSR count). The Labute approximate surface area is 92.6 Å².